The first-order valence-corrected chi connectivity index (χ1v) is 33.3. The summed E-state index contributed by atoms with van der Waals surface area (Å²) >= 11 is 0. The molecule has 2 aliphatic rings. The van der Waals surface area contributed by atoms with Gasteiger partial charge in [0.1, 0.15) is 0 Å². The third kappa shape index (κ3) is 9.97. The molecule has 16 rings (SSSR count). The molecule has 95 heavy (non-hydrogen) atoms. The lowest BCUT2D eigenvalue weighted by molar-refractivity contribution is 0.590. The number of nitriles is 1. The average Bonchev–Trinajstić information content (AvgIpc) is 1.08. The fourth-order valence-corrected chi connectivity index (χ4v) is 14.8. The molecule has 0 aliphatic carbocycles. The molecule has 0 bridgehead atoms. The third-order valence-corrected chi connectivity index (χ3v) is 20.0. The molecule has 462 valence electrons. The first-order valence-electron chi connectivity index (χ1n) is 35.3. The Morgan fingerprint density at radius 1 is 0.337 bits per heavy atom. The second-order valence-corrected chi connectivity index (χ2v) is 30.3. The first kappa shape index (κ1) is 54.9. The summed E-state index contributed by atoms with van der Waals surface area (Å²) in [5.41, 5.74) is 24.3. The molecule has 2 aliphatic heterocycles. The Bertz CT molecular complexity index is 5260. The van der Waals surface area contributed by atoms with Gasteiger partial charge in [-0.2, -0.15) is 5.26 Å². The van der Waals surface area contributed by atoms with Gasteiger partial charge < -0.3 is 18.9 Å². The zero-order chi connectivity index (χ0) is 69.1. The normalized spacial score (nSPS) is 13.8. The molecule has 0 radical (unpaired) electrons. The number of rotatable bonds is 7. The smallest absolute Gasteiger partial charge is 0.252 e. The monoisotopic (exact) mass is 1230 g/mol. The van der Waals surface area contributed by atoms with Crippen LogP contribution < -0.4 is 26.2 Å². The fraction of sp³-hybridized carbons (Fsp3) is 0.180. The van der Waals surface area contributed by atoms with Crippen molar-refractivity contribution < 1.29 is 5.48 Å². The highest BCUT2D eigenvalue weighted by Gasteiger charge is 2.44. The van der Waals surface area contributed by atoms with E-state index in [1.54, 1.807) is 0 Å². The maximum absolute atomic E-state index is 10.7. The minimum atomic E-state index is -0.428. The summed E-state index contributed by atoms with van der Waals surface area (Å²) in [4.78, 5) is 4.72. The van der Waals surface area contributed by atoms with Crippen LogP contribution in [-0.2, 0) is 21.7 Å². The van der Waals surface area contributed by atoms with E-state index in [4.69, 9.17) is 1.37 Å². The summed E-state index contributed by atoms with van der Waals surface area (Å²) in [5, 5.41) is 15.5. The molecule has 0 N–H and O–H groups in total. The van der Waals surface area contributed by atoms with Crippen LogP contribution in [0, 0.1) is 11.3 Å². The summed E-state index contributed by atoms with van der Waals surface area (Å²) in [6, 6.07) is 85.3. The van der Waals surface area contributed by atoms with Crippen LogP contribution in [0.2, 0.25) is 0 Å². The molecule has 6 heteroatoms. The number of hydrogen-bond acceptors (Lipinski definition) is 3. The second kappa shape index (κ2) is 21.7. The largest absolute Gasteiger partial charge is 0.311 e. The Labute approximate surface area is 565 Å². The second-order valence-electron chi connectivity index (χ2n) is 30.3. The maximum Gasteiger partial charge on any atom is 0.252 e. The first-order chi connectivity index (χ1) is 47.2. The van der Waals surface area contributed by atoms with E-state index in [9.17, 15) is 9.37 Å². The summed E-state index contributed by atoms with van der Waals surface area (Å²) in [7, 11) is 0. The van der Waals surface area contributed by atoms with Crippen molar-refractivity contribution >= 4 is 101 Å². The molecule has 12 aromatic carbocycles. The van der Waals surface area contributed by atoms with Crippen molar-refractivity contribution in [3.05, 3.63) is 283 Å². The van der Waals surface area contributed by atoms with E-state index in [-0.39, 0.29) is 51.6 Å². The van der Waals surface area contributed by atoms with Crippen LogP contribution >= 0.6 is 0 Å². The lowest BCUT2D eigenvalue weighted by Crippen LogP contribution is -2.61. The molecule has 2 aromatic heterocycles. The van der Waals surface area contributed by atoms with Gasteiger partial charge in [0.05, 0.1) is 39.2 Å². The Morgan fingerprint density at radius 2 is 0.684 bits per heavy atom. The topological polar surface area (TPSA) is 40.1 Å². The van der Waals surface area contributed by atoms with Gasteiger partial charge in [-0.3, -0.25) is 0 Å². The summed E-state index contributed by atoms with van der Waals surface area (Å²) < 4.78 is 42.7. The van der Waals surface area contributed by atoms with Gasteiger partial charge in [-0.1, -0.05) is 216 Å². The molecular weight excluding hydrogens is 1150 g/mol. The Hall–Kier alpha value is -10.6. The van der Waals surface area contributed by atoms with Gasteiger partial charge in [0, 0.05) is 67.0 Å². The van der Waals surface area contributed by atoms with E-state index in [1.165, 1.54) is 43.8 Å². The predicted molar refractivity (Wildman–Crippen MR) is 405 cm³/mol. The van der Waals surface area contributed by atoms with Crippen LogP contribution in [0.15, 0.2) is 255 Å². The lowest BCUT2D eigenvalue weighted by Gasteiger charge is -2.44. The molecule has 0 saturated carbocycles. The third-order valence-electron chi connectivity index (χ3n) is 20.0. The van der Waals surface area contributed by atoms with Gasteiger partial charge >= 0.3 is 0 Å². The van der Waals surface area contributed by atoms with E-state index < -0.39 is 12.1 Å². The number of aromatic nitrogens is 2. The lowest BCUT2D eigenvalue weighted by atomic mass is 9.33. The standard InChI is InChI=1S/C89H78BN5/c1-86(2,3)63-30-42-77-71(49-63)72-50-64(87(4,5)6)31-43-78(72)94(77)69-38-40-75-81(53-69)92(67-34-26-59(27-35-67)57-21-15-13-16-22-57)83-47-62(61-25-19-20-56(46-61)55-91)48-84-85(83)90(75)76-41-39-70(54-82(76)93(84)68-36-28-60(29-37-68)58-23-17-14-18-24-58)95-79-44-32-65(88(7,8)9)51-73(79)74-52-66(89(10,11)12)33-45-80(74)95/h13-54H,1-12H3/i19D,20D,25D,46D. The Kier molecular flexibility index (Phi) is 12.6. The highest BCUT2D eigenvalue weighted by Crippen LogP contribution is 2.49. The predicted octanol–water partition coefficient (Wildman–Crippen LogP) is 22.0. The number of hydrogen-bond donors (Lipinski definition) is 0. The average molecular weight is 1230 g/mol. The van der Waals surface area contributed by atoms with Crippen LogP contribution in [0.1, 0.15) is 116 Å². The van der Waals surface area contributed by atoms with Crippen molar-refractivity contribution in [2.45, 2.75) is 105 Å². The highest BCUT2D eigenvalue weighted by atomic mass is 15.2. The van der Waals surface area contributed by atoms with Gasteiger partial charge in [-0.25, -0.2) is 0 Å². The molecule has 0 amide bonds. The van der Waals surface area contributed by atoms with Gasteiger partial charge in [-0.15, -0.1) is 0 Å². The zero-order valence-electron chi connectivity index (χ0n) is 60.3. The minimum absolute atomic E-state index is 0.0884. The van der Waals surface area contributed by atoms with Crippen LogP contribution in [0.25, 0.3) is 88.4 Å². The maximum atomic E-state index is 10.7. The molecule has 0 fully saturated rings. The number of fused-ring (bicyclic) bond motifs is 10. The molecular formula is C89H78BN5. The van der Waals surface area contributed by atoms with E-state index >= 15 is 0 Å². The van der Waals surface area contributed by atoms with Crippen molar-refractivity contribution in [3.8, 4) is 50.8 Å². The van der Waals surface area contributed by atoms with Crippen molar-refractivity contribution in [2.75, 3.05) is 9.80 Å². The quantitative estimate of drug-likeness (QED) is 0.149. The Morgan fingerprint density at radius 3 is 1.03 bits per heavy atom. The molecule has 0 atom stereocenters. The van der Waals surface area contributed by atoms with Gasteiger partial charge in [0.2, 0.25) is 0 Å². The SMILES string of the molecule is [2H]c1c([2H])c(C#N)c([2H])c(-c2cc3c4c(c2)N(c2ccc(-c5ccccc5)cc2)c2cc(-n5c6ccc(C(C)(C)C)cc6c6cc(C(C)(C)C)ccc65)ccc2B4c2ccc(-n4c5ccc(C(C)(C)C)cc5c5cc(C(C)(C)C)ccc54)cc2N3c2ccc(-c3ccccc3)cc2)c1[2H]. The van der Waals surface area contributed by atoms with Gasteiger partial charge in [0.15, 0.2) is 0 Å². The van der Waals surface area contributed by atoms with Crippen LogP contribution in [0.4, 0.5) is 34.1 Å². The van der Waals surface area contributed by atoms with Crippen LogP contribution in [0.5, 0.6) is 0 Å². The van der Waals surface area contributed by atoms with Crippen molar-refractivity contribution in [1.29, 1.82) is 5.26 Å². The van der Waals surface area contributed by atoms with Crippen molar-refractivity contribution in [3.63, 3.8) is 0 Å². The van der Waals surface area contributed by atoms with E-state index in [1.807, 2.05) is 12.1 Å². The molecule has 5 nitrogen and oxygen atoms in total. The molecule has 0 saturated heterocycles. The Balaban J connectivity index is 1.03. The molecule has 4 heterocycles. The molecule has 0 unspecified atom stereocenters. The number of benzene rings is 12. The zero-order valence-corrected chi connectivity index (χ0v) is 56.3. The van der Waals surface area contributed by atoms with Gasteiger partial charge in [0.25, 0.3) is 6.71 Å². The van der Waals surface area contributed by atoms with E-state index in [0.717, 1.165) is 106 Å². The molecule has 14 aromatic rings. The van der Waals surface area contributed by atoms with Crippen LogP contribution in [-0.4, -0.2) is 15.8 Å². The fourth-order valence-electron chi connectivity index (χ4n) is 14.8. The highest BCUT2D eigenvalue weighted by molar-refractivity contribution is 7.00. The van der Waals surface area contributed by atoms with Crippen LogP contribution in [0.3, 0.4) is 0 Å². The number of nitrogens with zero attached hydrogens (tertiary/aromatic N) is 5. The van der Waals surface area contributed by atoms with E-state index in [0.29, 0.717) is 5.56 Å². The minimum Gasteiger partial charge on any atom is -0.311 e. The van der Waals surface area contributed by atoms with Crippen molar-refractivity contribution in [1.82, 2.24) is 9.13 Å². The molecule has 0 spiro atoms. The summed E-state index contributed by atoms with van der Waals surface area (Å²) in [6.07, 6.45) is 0. The van der Waals surface area contributed by atoms with Crippen molar-refractivity contribution in [2.24, 2.45) is 0 Å². The van der Waals surface area contributed by atoms with E-state index in [2.05, 4.69) is 326 Å². The summed E-state index contributed by atoms with van der Waals surface area (Å²) in [6.45, 7) is 27.0. The van der Waals surface area contributed by atoms with Gasteiger partial charge in [-0.05, 0) is 215 Å². The number of anilines is 6. The summed E-state index contributed by atoms with van der Waals surface area (Å²) in [5.74, 6) is 0.